The molecule has 0 bridgehead atoms. The monoisotopic (exact) mass is 287 g/mol. The molecule has 1 amide bonds. The predicted molar refractivity (Wildman–Crippen MR) is 77.7 cm³/mol. The molecule has 19 heavy (non-hydrogen) atoms. The molecule has 0 fully saturated rings. The molecule has 0 aromatic rings. The number of nitrogens with zero attached hydrogens (tertiary/aromatic N) is 1. The fraction of sp³-hybridized carbons (Fsp3) is 0.786. The molecule has 0 aromatic carbocycles. The fourth-order valence-corrected chi connectivity index (χ4v) is 3.66. The molecule has 0 aromatic heterocycles. The zero-order chi connectivity index (χ0) is 14.5. The fourth-order valence-electron chi connectivity index (χ4n) is 2.51. The van der Waals surface area contributed by atoms with Gasteiger partial charge >= 0.3 is 0 Å². The zero-order valence-corrected chi connectivity index (χ0v) is 12.9. The summed E-state index contributed by atoms with van der Waals surface area (Å²) in [5.41, 5.74) is 0. The summed E-state index contributed by atoms with van der Waals surface area (Å²) in [5, 5.41) is 0. The lowest BCUT2D eigenvalue weighted by Crippen LogP contribution is -2.45. The molecule has 0 heterocycles. The van der Waals surface area contributed by atoms with Gasteiger partial charge in [-0.1, -0.05) is 19.1 Å². The Bertz CT molecular complexity index is 428. The van der Waals surface area contributed by atoms with Gasteiger partial charge in [0, 0.05) is 24.3 Å². The number of hydrogen-bond acceptors (Lipinski definition) is 3. The Morgan fingerprint density at radius 1 is 1.37 bits per heavy atom. The van der Waals surface area contributed by atoms with Crippen LogP contribution in [0.15, 0.2) is 12.2 Å². The summed E-state index contributed by atoms with van der Waals surface area (Å²) in [6, 6.07) is -0.242. The van der Waals surface area contributed by atoms with E-state index in [2.05, 4.69) is 6.08 Å². The van der Waals surface area contributed by atoms with Gasteiger partial charge in [-0.25, -0.2) is 8.42 Å². The lowest BCUT2D eigenvalue weighted by Gasteiger charge is -2.32. The van der Waals surface area contributed by atoms with Gasteiger partial charge in [0.15, 0.2) is 9.84 Å². The molecule has 110 valence electrons. The molecule has 0 saturated carbocycles. The highest BCUT2D eigenvalue weighted by Gasteiger charge is 2.28. The Labute approximate surface area is 116 Å². The zero-order valence-electron chi connectivity index (χ0n) is 12.1. The first-order chi connectivity index (χ1) is 8.91. The first-order valence-corrected chi connectivity index (χ1v) is 8.89. The van der Waals surface area contributed by atoms with E-state index in [1.54, 1.807) is 11.8 Å². The van der Waals surface area contributed by atoms with E-state index in [0.29, 0.717) is 6.54 Å². The van der Waals surface area contributed by atoms with Crippen molar-refractivity contribution in [2.75, 3.05) is 18.1 Å². The highest BCUT2D eigenvalue weighted by molar-refractivity contribution is 7.91. The summed E-state index contributed by atoms with van der Waals surface area (Å²) < 4.78 is 23.4. The normalized spacial score (nSPS) is 21.1. The molecule has 1 aliphatic rings. The molecule has 2 atom stereocenters. The minimum atomic E-state index is -3.05. The van der Waals surface area contributed by atoms with Crippen molar-refractivity contribution in [3.05, 3.63) is 12.2 Å². The van der Waals surface area contributed by atoms with Crippen molar-refractivity contribution in [2.45, 2.75) is 46.1 Å². The highest BCUT2D eigenvalue weighted by Crippen LogP contribution is 2.21. The van der Waals surface area contributed by atoms with E-state index in [1.165, 1.54) is 0 Å². The molecular formula is C14H25NO3S. The van der Waals surface area contributed by atoms with Crippen LogP contribution in [0, 0.1) is 5.92 Å². The highest BCUT2D eigenvalue weighted by atomic mass is 32.2. The lowest BCUT2D eigenvalue weighted by atomic mass is 9.93. The van der Waals surface area contributed by atoms with Crippen molar-refractivity contribution in [1.29, 1.82) is 0 Å². The van der Waals surface area contributed by atoms with Crippen LogP contribution in [0.3, 0.4) is 0 Å². The van der Waals surface area contributed by atoms with E-state index >= 15 is 0 Å². The van der Waals surface area contributed by atoms with Crippen LogP contribution >= 0.6 is 0 Å². The van der Waals surface area contributed by atoms with Gasteiger partial charge in [-0.15, -0.1) is 0 Å². The second kappa shape index (κ2) is 7.08. The number of allylic oxidation sites excluding steroid dienone is 2. The third-order valence-electron chi connectivity index (χ3n) is 3.71. The number of amides is 1. The second-order valence-corrected chi connectivity index (χ2v) is 7.55. The van der Waals surface area contributed by atoms with Gasteiger partial charge in [-0.05, 0) is 33.1 Å². The maximum Gasteiger partial charge on any atom is 0.226 e. The van der Waals surface area contributed by atoms with Crippen molar-refractivity contribution < 1.29 is 13.2 Å². The van der Waals surface area contributed by atoms with Crippen LogP contribution in [0.4, 0.5) is 0 Å². The van der Waals surface area contributed by atoms with E-state index in [0.717, 1.165) is 19.3 Å². The van der Waals surface area contributed by atoms with Crippen LogP contribution in [0.25, 0.3) is 0 Å². The van der Waals surface area contributed by atoms with E-state index < -0.39 is 9.84 Å². The van der Waals surface area contributed by atoms with E-state index in [4.69, 9.17) is 0 Å². The average Bonchev–Trinajstić information content (AvgIpc) is 2.40. The summed E-state index contributed by atoms with van der Waals surface area (Å²) in [5.74, 6) is 0.323. The Morgan fingerprint density at radius 3 is 2.53 bits per heavy atom. The Balaban J connectivity index is 2.70. The molecule has 0 radical (unpaired) electrons. The van der Waals surface area contributed by atoms with Gasteiger partial charge in [0.2, 0.25) is 5.91 Å². The molecular weight excluding hydrogens is 262 g/mol. The van der Waals surface area contributed by atoms with Crippen LogP contribution in [0.2, 0.25) is 0 Å². The Hall–Kier alpha value is -0.840. The molecule has 0 spiro atoms. The number of hydrogen-bond donors (Lipinski definition) is 0. The average molecular weight is 287 g/mol. The van der Waals surface area contributed by atoms with Gasteiger partial charge in [0.25, 0.3) is 0 Å². The summed E-state index contributed by atoms with van der Waals surface area (Å²) in [4.78, 5) is 14.2. The summed E-state index contributed by atoms with van der Waals surface area (Å²) in [7, 11) is -3.05. The first-order valence-electron chi connectivity index (χ1n) is 7.07. The van der Waals surface area contributed by atoms with Gasteiger partial charge in [-0.3, -0.25) is 4.79 Å². The summed E-state index contributed by atoms with van der Waals surface area (Å²) in [6.07, 6.45) is 6.75. The van der Waals surface area contributed by atoms with Crippen molar-refractivity contribution >= 4 is 15.7 Å². The van der Waals surface area contributed by atoms with Crippen molar-refractivity contribution in [1.82, 2.24) is 4.90 Å². The van der Waals surface area contributed by atoms with Gasteiger partial charge < -0.3 is 4.90 Å². The molecule has 1 rings (SSSR count). The molecule has 0 unspecified atom stereocenters. The smallest absolute Gasteiger partial charge is 0.226 e. The predicted octanol–water partition coefficient (Wildman–Crippen LogP) is 2.01. The molecule has 1 aliphatic carbocycles. The van der Waals surface area contributed by atoms with Gasteiger partial charge in [0.1, 0.15) is 0 Å². The van der Waals surface area contributed by atoms with Gasteiger partial charge in [0.05, 0.1) is 5.75 Å². The topological polar surface area (TPSA) is 54.5 Å². The SMILES string of the molecule is CCN(C(=O)[C@H]1CC=CCC1)[C@@H](C)CS(=O)(=O)CC. The van der Waals surface area contributed by atoms with Crippen LogP contribution in [0.5, 0.6) is 0 Å². The minimum Gasteiger partial charge on any atom is -0.339 e. The van der Waals surface area contributed by atoms with Crippen molar-refractivity contribution in [3.63, 3.8) is 0 Å². The summed E-state index contributed by atoms with van der Waals surface area (Å²) >= 11 is 0. The van der Waals surface area contributed by atoms with E-state index in [9.17, 15) is 13.2 Å². The van der Waals surface area contributed by atoms with E-state index in [-0.39, 0.29) is 29.4 Å². The third-order valence-corrected chi connectivity index (χ3v) is 5.58. The Kier molecular flexibility index (Phi) is 6.04. The number of carbonyl (C=O) groups excluding carboxylic acids is 1. The maximum atomic E-state index is 12.4. The third kappa shape index (κ3) is 4.64. The number of sulfone groups is 1. The van der Waals surface area contributed by atoms with Gasteiger partial charge in [-0.2, -0.15) is 0 Å². The molecule has 4 nitrogen and oxygen atoms in total. The van der Waals surface area contributed by atoms with E-state index in [1.807, 2.05) is 19.9 Å². The second-order valence-electron chi connectivity index (χ2n) is 5.15. The van der Waals surface area contributed by atoms with Crippen LogP contribution < -0.4 is 0 Å². The standard InChI is InChI=1S/C14H25NO3S/c1-4-15(12(3)11-19(17,18)5-2)14(16)13-9-7-6-8-10-13/h6-7,12-13H,4-5,8-11H2,1-3H3/t12-,13-/m0/s1. The lowest BCUT2D eigenvalue weighted by molar-refractivity contribution is -0.137. The summed E-state index contributed by atoms with van der Waals surface area (Å²) in [6.45, 7) is 5.95. The van der Waals surface area contributed by atoms with Crippen LogP contribution in [-0.4, -0.2) is 43.3 Å². The Morgan fingerprint density at radius 2 is 2.05 bits per heavy atom. The first kappa shape index (κ1) is 16.2. The molecule has 0 N–H and O–H groups in total. The molecule has 0 aliphatic heterocycles. The number of carbonyl (C=O) groups is 1. The van der Waals surface area contributed by atoms with Crippen LogP contribution in [0.1, 0.15) is 40.0 Å². The minimum absolute atomic E-state index is 0.0248. The quantitative estimate of drug-likeness (QED) is 0.702. The van der Waals surface area contributed by atoms with Crippen molar-refractivity contribution in [3.8, 4) is 0 Å². The molecule has 0 saturated heterocycles. The van der Waals surface area contributed by atoms with Crippen LogP contribution in [-0.2, 0) is 14.6 Å². The largest absolute Gasteiger partial charge is 0.339 e. The number of rotatable bonds is 6. The molecule has 5 heteroatoms. The maximum absolute atomic E-state index is 12.4. The van der Waals surface area contributed by atoms with Crippen molar-refractivity contribution in [2.24, 2.45) is 5.92 Å².